The number of azo groups is 1. The van der Waals surface area contributed by atoms with Gasteiger partial charge in [0.15, 0.2) is 11.3 Å². The van der Waals surface area contributed by atoms with Gasteiger partial charge in [0.2, 0.25) is 5.91 Å². The average molecular weight is 315 g/mol. The van der Waals surface area contributed by atoms with E-state index in [2.05, 4.69) is 20.5 Å². The van der Waals surface area contributed by atoms with Gasteiger partial charge in [-0.2, -0.15) is 10.2 Å². The third-order valence-electron chi connectivity index (χ3n) is 3.22. The van der Waals surface area contributed by atoms with Gasteiger partial charge in [-0.3, -0.25) is 9.59 Å². The molecule has 0 aliphatic carbocycles. The van der Waals surface area contributed by atoms with E-state index in [1.165, 1.54) is 18.0 Å². The number of nitrogens with one attached hydrogen (secondary N) is 1. The largest absolute Gasteiger partial charge is 0.315 e. The summed E-state index contributed by atoms with van der Waals surface area (Å²) in [5.74, 6) is -0.174. The number of fused-ring (bicyclic) bond motifs is 1. The predicted octanol–water partition coefficient (Wildman–Crippen LogP) is 1.54. The molecule has 8 heteroatoms. The van der Waals surface area contributed by atoms with Crippen LogP contribution < -0.4 is 10.2 Å². The quantitative estimate of drug-likeness (QED) is 0.918. The zero-order valence-corrected chi connectivity index (χ0v) is 12.6. The maximum Gasteiger partial charge on any atom is 0.258 e. The fourth-order valence-electron chi connectivity index (χ4n) is 1.97. The van der Waals surface area contributed by atoms with E-state index >= 15 is 0 Å². The molecule has 7 nitrogen and oxygen atoms in total. The molecule has 0 bridgehead atoms. The normalized spacial score (nSPS) is 19.1. The van der Waals surface area contributed by atoms with E-state index < -0.39 is 6.17 Å². The summed E-state index contributed by atoms with van der Waals surface area (Å²) in [5.41, 5.74) is 1.25. The lowest BCUT2D eigenvalue weighted by Crippen LogP contribution is -2.38. The highest BCUT2D eigenvalue weighted by Gasteiger charge is 2.30. The van der Waals surface area contributed by atoms with Crippen LogP contribution in [0.1, 0.15) is 0 Å². The second-order valence-electron chi connectivity index (χ2n) is 4.65. The average Bonchev–Trinajstić information content (AvgIpc) is 3.02. The first-order valence-electron chi connectivity index (χ1n) is 6.59. The molecule has 3 rings (SSSR count). The topological polar surface area (TPSA) is 86.5 Å². The number of anilines is 1. The van der Waals surface area contributed by atoms with E-state index in [9.17, 15) is 9.59 Å². The summed E-state index contributed by atoms with van der Waals surface area (Å²) in [6.07, 6.45) is 0.831. The molecule has 2 aliphatic rings. The lowest BCUT2D eigenvalue weighted by atomic mass is 10.2. The van der Waals surface area contributed by atoms with Gasteiger partial charge in [-0.25, -0.2) is 4.99 Å². The van der Waals surface area contributed by atoms with Crippen LogP contribution >= 0.6 is 11.8 Å². The van der Waals surface area contributed by atoms with Crippen molar-refractivity contribution in [2.24, 2.45) is 15.2 Å². The van der Waals surface area contributed by atoms with E-state index in [1.54, 1.807) is 11.9 Å². The predicted molar refractivity (Wildman–Crippen MR) is 84.6 cm³/mol. The Morgan fingerprint density at radius 1 is 1.36 bits per heavy atom. The minimum atomic E-state index is -0.571. The minimum Gasteiger partial charge on any atom is -0.315 e. The highest BCUT2D eigenvalue weighted by molar-refractivity contribution is 8.14. The third-order valence-corrected chi connectivity index (χ3v) is 4.10. The fraction of sp³-hybridized carbons (Fsp3) is 0.214. The summed E-state index contributed by atoms with van der Waals surface area (Å²) < 4.78 is 0. The Hall–Kier alpha value is -2.48. The van der Waals surface area contributed by atoms with Gasteiger partial charge in [0.05, 0.1) is 17.5 Å². The monoisotopic (exact) mass is 315 g/mol. The Labute approximate surface area is 131 Å². The molecule has 112 valence electrons. The number of nitrogens with zero attached hydrogens (tertiary/aromatic N) is 4. The summed E-state index contributed by atoms with van der Waals surface area (Å²) in [4.78, 5) is 29.8. The van der Waals surface area contributed by atoms with E-state index in [4.69, 9.17) is 0 Å². The second-order valence-corrected chi connectivity index (χ2v) is 5.62. The standard InChI is InChI=1S/C14H13N5O2S/c1-19(9-5-3-2-4-6-9)11(20)8-22-14-16-12-10(7-15-18-12)13(21)17-14/h2-7,12H,8H2,1H3,(H,16,17,21). The zero-order valence-electron chi connectivity index (χ0n) is 11.8. The molecule has 0 spiro atoms. The molecule has 1 N–H and O–H groups in total. The van der Waals surface area contributed by atoms with Gasteiger partial charge in [-0.1, -0.05) is 30.0 Å². The van der Waals surface area contributed by atoms with Crippen LogP contribution in [0, 0.1) is 0 Å². The molecule has 1 aromatic rings. The fourth-order valence-corrected chi connectivity index (χ4v) is 2.76. The molecule has 0 radical (unpaired) electrons. The van der Waals surface area contributed by atoms with Crippen LogP contribution in [0.4, 0.5) is 5.69 Å². The number of thioether (sulfide) groups is 1. The van der Waals surface area contributed by atoms with Crippen LogP contribution in [0.2, 0.25) is 0 Å². The Kier molecular flexibility index (Phi) is 4.01. The lowest BCUT2D eigenvalue weighted by Gasteiger charge is -2.19. The number of para-hydroxylation sites is 1. The van der Waals surface area contributed by atoms with Crippen molar-refractivity contribution in [3.8, 4) is 0 Å². The van der Waals surface area contributed by atoms with Gasteiger partial charge >= 0.3 is 0 Å². The highest BCUT2D eigenvalue weighted by atomic mass is 32.2. The molecule has 1 aromatic carbocycles. The Morgan fingerprint density at radius 3 is 2.91 bits per heavy atom. The number of benzene rings is 1. The van der Waals surface area contributed by atoms with Crippen LogP contribution in [0.3, 0.4) is 0 Å². The van der Waals surface area contributed by atoms with Crippen molar-refractivity contribution in [1.82, 2.24) is 5.32 Å². The first-order chi connectivity index (χ1) is 10.6. The molecular weight excluding hydrogens is 302 g/mol. The SMILES string of the molecule is CN(C(=O)CSC1=NC2N=NC=C2C(=O)N1)c1ccccc1. The van der Waals surface area contributed by atoms with Crippen molar-refractivity contribution in [2.75, 3.05) is 17.7 Å². The molecule has 1 atom stereocenters. The molecule has 2 heterocycles. The summed E-state index contributed by atoms with van der Waals surface area (Å²) in [6, 6.07) is 9.36. The van der Waals surface area contributed by atoms with Crippen LogP contribution in [0.25, 0.3) is 0 Å². The van der Waals surface area contributed by atoms with Gasteiger partial charge in [-0.05, 0) is 12.1 Å². The van der Waals surface area contributed by atoms with Gasteiger partial charge in [0.1, 0.15) is 0 Å². The number of carbonyl (C=O) groups is 2. The molecule has 0 aromatic heterocycles. The highest BCUT2D eigenvalue weighted by Crippen LogP contribution is 2.22. The van der Waals surface area contributed by atoms with Crippen LogP contribution in [-0.2, 0) is 9.59 Å². The smallest absolute Gasteiger partial charge is 0.258 e. The molecule has 0 saturated heterocycles. The third kappa shape index (κ3) is 2.91. The molecular formula is C14H13N5O2S. The number of hydrogen-bond donors (Lipinski definition) is 1. The van der Waals surface area contributed by atoms with Crippen molar-refractivity contribution >= 4 is 34.4 Å². The Morgan fingerprint density at radius 2 is 2.14 bits per heavy atom. The Bertz CT molecular complexity index is 698. The van der Waals surface area contributed by atoms with E-state index in [-0.39, 0.29) is 17.6 Å². The molecule has 0 saturated carbocycles. The van der Waals surface area contributed by atoms with Crippen molar-refractivity contribution < 1.29 is 9.59 Å². The molecule has 2 aliphatic heterocycles. The number of amidine groups is 1. The van der Waals surface area contributed by atoms with Crippen molar-refractivity contribution in [3.05, 3.63) is 42.1 Å². The summed E-state index contributed by atoms with van der Waals surface area (Å²) in [6.45, 7) is 0. The number of amides is 2. The van der Waals surface area contributed by atoms with Gasteiger partial charge in [0.25, 0.3) is 5.91 Å². The van der Waals surface area contributed by atoms with Gasteiger partial charge in [0, 0.05) is 12.7 Å². The molecule has 1 unspecified atom stereocenters. The maximum absolute atomic E-state index is 12.2. The first-order valence-corrected chi connectivity index (χ1v) is 7.57. The number of hydrogen-bond acceptors (Lipinski definition) is 6. The van der Waals surface area contributed by atoms with E-state index in [0.717, 1.165) is 5.69 Å². The molecule has 22 heavy (non-hydrogen) atoms. The van der Waals surface area contributed by atoms with Crippen molar-refractivity contribution in [3.63, 3.8) is 0 Å². The lowest BCUT2D eigenvalue weighted by molar-refractivity contribution is -0.117. The van der Waals surface area contributed by atoms with Crippen LogP contribution in [0.5, 0.6) is 0 Å². The van der Waals surface area contributed by atoms with E-state index in [0.29, 0.717) is 10.7 Å². The number of rotatable bonds is 3. The maximum atomic E-state index is 12.2. The number of aliphatic imine (C=N–C) groups is 1. The zero-order chi connectivity index (χ0) is 15.5. The van der Waals surface area contributed by atoms with Crippen molar-refractivity contribution in [2.45, 2.75) is 6.17 Å². The summed E-state index contributed by atoms with van der Waals surface area (Å²) in [7, 11) is 1.71. The first kappa shape index (κ1) is 14.5. The second kappa shape index (κ2) is 6.10. The molecule has 0 fully saturated rings. The van der Waals surface area contributed by atoms with Crippen LogP contribution in [0.15, 0.2) is 57.3 Å². The summed E-state index contributed by atoms with van der Waals surface area (Å²) >= 11 is 1.18. The molecule has 2 amide bonds. The summed E-state index contributed by atoms with van der Waals surface area (Å²) in [5, 5.41) is 10.6. The van der Waals surface area contributed by atoms with Crippen molar-refractivity contribution in [1.29, 1.82) is 0 Å². The van der Waals surface area contributed by atoms with Gasteiger partial charge in [-0.15, -0.1) is 0 Å². The van der Waals surface area contributed by atoms with Gasteiger partial charge < -0.3 is 10.2 Å². The van der Waals surface area contributed by atoms with Crippen LogP contribution in [-0.4, -0.2) is 35.9 Å². The number of carbonyl (C=O) groups excluding carboxylic acids is 2. The minimum absolute atomic E-state index is 0.0810. The Balaban J connectivity index is 1.61. The van der Waals surface area contributed by atoms with E-state index in [1.807, 2.05) is 30.3 Å².